The highest BCUT2D eigenvalue weighted by Crippen LogP contribution is 2.33. The Balaban J connectivity index is 2.72. The van der Waals surface area contributed by atoms with Crippen molar-refractivity contribution in [2.24, 2.45) is 5.92 Å². The number of rotatable bonds is 2. The molecule has 0 saturated heterocycles. The van der Waals surface area contributed by atoms with Gasteiger partial charge in [0.25, 0.3) is 0 Å². The van der Waals surface area contributed by atoms with Crippen LogP contribution in [-0.4, -0.2) is 8.07 Å². The average Bonchev–Trinajstić information content (AvgIpc) is 2.05. The van der Waals surface area contributed by atoms with Crippen molar-refractivity contribution >= 4 is 8.07 Å². The van der Waals surface area contributed by atoms with Gasteiger partial charge in [-0.25, -0.2) is 0 Å². The van der Waals surface area contributed by atoms with Crippen LogP contribution in [0.25, 0.3) is 0 Å². The zero-order valence-electron chi connectivity index (χ0n) is 9.32. The van der Waals surface area contributed by atoms with Crippen molar-refractivity contribution in [1.29, 1.82) is 0 Å². The van der Waals surface area contributed by atoms with Crippen molar-refractivity contribution in [2.75, 3.05) is 0 Å². The maximum absolute atomic E-state index is 3.88. The summed E-state index contributed by atoms with van der Waals surface area (Å²) < 4.78 is 0. The summed E-state index contributed by atoms with van der Waals surface area (Å²) in [6, 6.07) is 0. The Hall–Kier alpha value is -0.263. The van der Waals surface area contributed by atoms with Gasteiger partial charge in [-0.1, -0.05) is 45.5 Å². The molecule has 0 heterocycles. The molecule has 0 N–H and O–H groups in total. The summed E-state index contributed by atoms with van der Waals surface area (Å²) in [6.07, 6.45) is 7.05. The van der Waals surface area contributed by atoms with Gasteiger partial charge in [0.15, 0.2) is 0 Å². The molecule has 1 rings (SSSR count). The molecule has 1 saturated carbocycles. The molecular formula is C12H22Si. The summed E-state index contributed by atoms with van der Waals surface area (Å²) in [4.78, 5) is 0. The minimum atomic E-state index is -1.13. The third-order valence-corrected chi connectivity index (χ3v) is 5.21. The summed E-state index contributed by atoms with van der Waals surface area (Å²) >= 11 is 0. The van der Waals surface area contributed by atoms with Crippen LogP contribution >= 0.6 is 0 Å². The molecule has 0 spiro atoms. The molecule has 0 atom stereocenters. The fraction of sp³-hybridized carbons (Fsp3) is 0.750. The second-order valence-corrected chi connectivity index (χ2v) is 10.2. The monoisotopic (exact) mass is 194 g/mol. The molecule has 1 heteroatoms. The number of allylic oxidation sites excluding steroid dienone is 1. The highest BCUT2D eigenvalue weighted by molar-refractivity contribution is 6.83. The molecule has 0 amide bonds. The van der Waals surface area contributed by atoms with Gasteiger partial charge < -0.3 is 0 Å². The van der Waals surface area contributed by atoms with Gasteiger partial charge in [-0.05, 0) is 24.0 Å². The molecule has 0 nitrogen and oxygen atoms in total. The minimum absolute atomic E-state index is 0.831. The lowest BCUT2D eigenvalue weighted by Gasteiger charge is -2.30. The van der Waals surface area contributed by atoms with E-state index in [1.807, 2.05) is 0 Å². The largest absolute Gasteiger partial charge is 0.134 e. The molecule has 0 unspecified atom stereocenters. The SMILES string of the molecule is C=C=C(C1CCCCC1)[Si](C)(C)C. The predicted octanol–water partition coefficient (Wildman–Crippen LogP) is 4.16. The third kappa shape index (κ3) is 2.86. The molecule has 13 heavy (non-hydrogen) atoms. The lowest BCUT2D eigenvalue weighted by Crippen LogP contribution is -2.29. The molecule has 74 valence electrons. The third-order valence-electron chi connectivity index (χ3n) is 3.01. The fourth-order valence-corrected chi connectivity index (χ4v) is 4.46. The quantitative estimate of drug-likeness (QED) is 0.457. The van der Waals surface area contributed by atoms with Crippen molar-refractivity contribution in [2.45, 2.75) is 51.7 Å². The van der Waals surface area contributed by atoms with Crippen molar-refractivity contribution in [1.82, 2.24) is 0 Å². The van der Waals surface area contributed by atoms with E-state index in [2.05, 4.69) is 32.0 Å². The summed E-state index contributed by atoms with van der Waals surface area (Å²) in [5, 5.41) is 1.59. The first-order valence-corrected chi connectivity index (χ1v) is 8.96. The van der Waals surface area contributed by atoms with Crippen LogP contribution in [0.1, 0.15) is 32.1 Å². The van der Waals surface area contributed by atoms with E-state index in [0.29, 0.717) is 0 Å². The van der Waals surface area contributed by atoms with Crippen molar-refractivity contribution < 1.29 is 0 Å². The first-order chi connectivity index (χ1) is 6.05. The first-order valence-electron chi connectivity index (χ1n) is 5.46. The van der Waals surface area contributed by atoms with Gasteiger partial charge in [0.2, 0.25) is 0 Å². The number of hydrogen-bond acceptors (Lipinski definition) is 0. The van der Waals surface area contributed by atoms with E-state index < -0.39 is 8.07 Å². The lowest BCUT2D eigenvalue weighted by atomic mass is 9.89. The summed E-state index contributed by atoms with van der Waals surface area (Å²) in [5.74, 6) is 0.831. The van der Waals surface area contributed by atoms with Crippen molar-refractivity contribution in [3.8, 4) is 0 Å². The Morgan fingerprint density at radius 3 is 2.08 bits per heavy atom. The molecule has 0 aromatic rings. The van der Waals surface area contributed by atoms with Crippen LogP contribution in [0, 0.1) is 5.92 Å². The van der Waals surface area contributed by atoms with E-state index >= 15 is 0 Å². The Bertz CT molecular complexity index is 210. The Kier molecular flexibility index (Phi) is 3.58. The first kappa shape index (κ1) is 10.8. The highest BCUT2D eigenvalue weighted by atomic mass is 28.3. The maximum atomic E-state index is 3.88. The fourth-order valence-electron chi connectivity index (χ4n) is 2.41. The van der Waals surface area contributed by atoms with Crippen LogP contribution in [0.5, 0.6) is 0 Å². The van der Waals surface area contributed by atoms with Crippen molar-refractivity contribution in [3.63, 3.8) is 0 Å². The molecule has 0 bridgehead atoms. The predicted molar refractivity (Wildman–Crippen MR) is 62.6 cm³/mol. The molecule has 1 aliphatic rings. The van der Waals surface area contributed by atoms with E-state index in [4.69, 9.17) is 0 Å². The summed E-state index contributed by atoms with van der Waals surface area (Å²) in [6.45, 7) is 11.1. The van der Waals surface area contributed by atoms with E-state index in [-0.39, 0.29) is 0 Å². The Morgan fingerprint density at radius 2 is 1.69 bits per heavy atom. The van der Waals surface area contributed by atoms with Gasteiger partial charge in [0, 0.05) is 0 Å². The summed E-state index contributed by atoms with van der Waals surface area (Å²) in [5.41, 5.74) is 3.24. The van der Waals surface area contributed by atoms with Crippen LogP contribution in [-0.2, 0) is 0 Å². The molecule has 0 aromatic heterocycles. The van der Waals surface area contributed by atoms with Crippen LogP contribution in [0.15, 0.2) is 17.5 Å². The molecule has 1 aliphatic carbocycles. The molecule has 0 aliphatic heterocycles. The second kappa shape index (κ2) is 4.30. The number of hydrogen-bond donors (Lipinski definition) is 0. The summed E-state index contributed by atoms with van der Waals surface area (Å²) in [7, 11) is -1.13. The van der Waals surface area contributed by atoms with Gasteiger partial charge in [-0.3, -0.25) is 0 Å². The van der Waals surface area contributed by atoms with Crippen molar-refractivity contribution in [3.05, 3.63) is 17.5 Å². The standard InChI is InChI=1S/C12H22Si/c1-5-12(13(2,3)4)11-9-7-6-8-10-11/h11H,1,6-10H2,2-4H3. The van der Waals surface area contributed by atoms with E-state index in [9.17, 15) is 0 Å². The minimum Gasteiger partial charge on any atom is -0.134 e. The van der Waals surface area contributed by atoms with Crippen LogP contribution in [0.2, 0.25) is 19.6 Å². The Morgan fingerprint density at radius 1 is 1.15 bits per heavy atom. The lowest BCUT2D eigenvalue weighted by molar-refractivity contribution is 0.412. The Labute approximate surface area is 83.7 Å². The van der Waals surface area contributed by atoms with Gasteiger partial charge in [-0.15, -0.1) is 5.73 Å². The maximum Gasteiger partial charge on any atom is 0.0826 e. The molecular weight excluding hydrogens is 172 g/mol. The van der Waals surface area contributed by atoms with E-state index in [1.165, 1.54) is 32.1 Å². The smallest absolute Gasteiger partial charge is 0.0826 e. The topological polar surface area (TPSA) is 0 Å². The average molecular weight is 194 g/mol. The molecule has 0 aromatic carbocycles. The molecule has 0 radical (unpaired) electrons. The van der Waals surface area contributed by atoms with Gasteiger partial charge in [0.05, 0.1) is 8.07 Å². The normalized spacial score (nSPS) is 19.6. The zero-order valence-corrected chi connectivity index (χ0v) is 10.3. The van der Waals surface area contributed by atoms with Gasteiger partial charge in [-0.2, -0.15) is 0 Å². The van der Waals surface area contributed by atoms with Gasteiger partial charge in [0.1, 0.15) is 0 Å². The molecule has 1 fully saturated rings. The van der Waals surface area contributed by atoms with E-state index in [0.717, 1.165) is 5.92 Å². The van der Waals surface area contributed by atoms with Gasteiger partial charge >= 0.3 is 0 Å². The van der Waals surface area contributed by atoms with Crippen LogP contribution < -0.4 is 0 Å². The van der Waals surface area contributed by atoms with Crippen LogP contribution in [0.3, 0.4) is 0 Å². The second-order valence-electron chi connectivity index (χ2n) is 5.18. The van der Waals surface area contributed by atoms with Crippen LogP contribution in [0.4, 0.5) is 0 Å². The highest BCUT2D eigenvalue weighted by Gasteiger charge is 2.27. The zero-order chi connectivity index (χ0) is 9.90. The van der Waals surface area contributed by atoms with E-state index in [1.54, 1.807) is 5.20 Å².